The second kappa shape index (κ2) is 10.7. The van der Waals surface area contributed by atoms with Crippen LogP contribution in [0.25, 0.3) is 0 Å². The van der Waals surface area contributed by atoms with Crippen molar-refractivity contribution < 1.29 is 21.6 Å². The number of anilines is 1. The summed E-state index contributed by atoms with van der Waals surface area (Å²) in [5.41, 5.74) is 0.160. The van der Waals surface area contributed by atoms with Crippen molar-refractivity contribution in [2.75, 3.05) is 10.5 Å². The zero-order valence-corrected chi connectivity index (χ0v) is 23.0. The molecule has 190 valence electrons. The van der Waals surface area contributed by atoms with Gasteiger partial charge >= 0.3 is 0 Å². The highest BCUT2D eigenvalue weighted by atomic mass is 35.5. The highest BCUT2D eigenvalue weighted by molar-refractivity contribution is 7.99. The summed E-state index contributed by atoms with van der Waals surface area (Å²) in [5, 5.41) is 0.257. The summed E-state index contributed by atoms with van der Waals surface area (Å²) in [6, 6.07) is 13.6. The fraction of sp³-hybridized carbons (Fsp3) is 0.250. The van der Waals surface area contributed by atoms with E-state index in [-0.39, 0.29) is 43.8 Å². The molecular weight excluding hydrogens is 563 g/mol. The minimum absolute atomic E-state index is 0.0182. The lowest BCUT2D eigenvalue weighted by Gasteiger charge is -2.13. The molecule has 0 radical (unpaired) electrons. The van der Waals surface area contributed by atoms with E-state index in [0.717, 1.165) is 17.7 Å². The Labute approximate surface area is 224 Å². The van der Waals surface area contributed by atoms with Gasteiger partial charge in [0, 0.05) is 20.7 Å². The minimum atomic E-state index is -4.08. The summed E-state index contributed by atoms with van der Waals surface area (Å²) in [6.45, 7) is 1.81. The molecule has 1 heterocycles. The first kappa shape index (κ1) is 26.9. The van der Waals surface area contributed by atoms with Crippen LogP contribution in [0.2, 0.25) is 10.0 Å². The van der Waals surface area contributed by atoms with E-state index < -0.39 is 19.9 Å². The molecule has 1 aliphatic carbocycles. The van der Waals surface area contributed by atoms with Gasteiger partial charge in [-0.15, -0.1) is 0 Å². The molecule has 1 fully saturated rings. The number of halogens is 2. The monoisotopic (exact) mass is 584 g/mol. The summed E-state index contributed by atoms with van der Waals surface area (Å²) < 4.78 is 52.7. The van der Waals surface area contributed by atoms with Gasteiger partial charge < -0.3 is 0 Å². The van der Waals surface area contributed by atoms with E-state index in [4.69, 9.17) is 23.2 Å². The van der Waals surface area contributed by atoms with Gasteiger partial charge in [-0.2, -0.15) is 0 Å². The van der Waals surface area contributed by atoms with Gasteiger partial charge in [0.25, 0.3) is 10.0 Å². The second-order valence-corrected chi connectivity index (χ2v) is 14.0. The maximum Gasteiger partial charge on any atom is 0.264 e. The van der Waals surface area contributed by atoms with Crippen molar-refractivity contribution in [2.45, 2.75) is 45.8 Å². The van der Waals surface area contributed by atoms with Crippen molar-refractivity contribution in [1.82, 2.24) is 4.98 Å². The maximum atomic E-state index is 13.0. The van der Waals surface area contributed by atoms with E-state index in [9.17, 15) is 21.6 Å². The molecule has 0 spiro atoms. The van der Waals surface area contributed by atoms with Crippen molar-refractivity contribution in [3.63, 3.8) is 0 Å². The third-order valence-electron chi connectivity index (χ3n) is 5.35. The Hall–Kier alpha value is -2.11. The van der Waals surface area contributed by atoms with E-state index >= 15 is 0 Å². The zero-order valence-electron chi connectivity index (χ0n) is 19.1. The van der Waals surface area contributed by atoms with Crippen molar-refractivity contribution in [3.05, 3.63) is 70.3 Å². The van der Waals surface area contributed by atoms with Crippen molar-refractivity contribution in [3.8, 4) is 0 Å². The Bertz CT molecular complexity index is 1520. The number of sulfonamides is 1. The molecule has 1 saturated carbocycles. The van der Waals surface area contributed by atoms with Crippen molar-refractivity contribution in [1.29, 1.82) is 0 Å². The first-order valence-corrected chi connectivity index (χ1v) is 15.7. The normalized spacial score (nSPS) is 14.0. The van der Waals surface area contributed by atoms with E-state index in [2.05, 4.69) is 9.71 Å². The molecule has 3 aromatic rings. The average molecular weight is 586 g/mol. The Morgan fingerprint density at radius 3 is 2.33 bits per heavy atom. The van der Waals surface area contributed by atoms with E-state index in [1.54, 1.807) is 37.3 Å². The number of hydrogen-bond acceptors (Lipinski definition) is 7. The molecule has 0 amide bonds. The van der Waals surface area contributed by atoms with E-state index in [0.29, 0.717) is 16.3 Å². The van der Waals surface area contributed by atoms with Crippen LogP contribution in [0, 0.1) is 5.92 Å². The summed E-state index contributed by atoms with van der Waals surface area (Å²) in [6.07, 6.45) is 2.04. The molecule has 1 aromatic heterocycles. The summed E-state index contributed by atoms with van der Waals surface area (Å²) >= 11 is 13.2. The number of pyridine rings is 1. The molecule has 1 N–H and O–H groups in total. The molecule has 0 atom stereocenters. The number of rotatable bonds is 10. The Balaban J connectivity index is 1.62. The number of sulfone groups is 1. The lowest BCUT2D eigenvalue weighted by atomic mass is 10.2. The lowest BCUT2D eigenvalue weighted by Crippen LogP contribution is -2.16. The van der Waals surface area contributed by atoms with Gasteiger partial charge in [-0.25, -0.2) is 21.8 Å². The molecule has 2 aromatic carbocycles. The number of hydrogen-bond donors (Lipinski definition) is 1. The van der Waals surface area contributed by atoms with Gasteiger partial charge in [-0.1, -0.05) is 41.9 Å². The fourth-order valence-corrected chi connectivity index (χ4v) is 7.42. The van der Waals surface area contributed by atoms with Crippen LogP contribution in [0.1, 0.15) is 36.7 Å². The first-order chi connectivity index (χ1) is 17.0. The highest BCUT2D eigenvalue weighted by Crippen LogP contribution is 2.38. The van der Waals surface area contributed by atoms with Gasteiger partial charge in [0.2, 0.25) is 0 Å². The van der Waals surface area contributed by atoms with Crippen LogP contribution >= 0.6 is 35.0 Å². The van der Waals surface area contributed by atoms with Crippen LogP contribution in [-0.4, -0.2) is 33.4 Å². The number of benzene rings is 2. The third-order valence-corrected chi connectivity index (χ3v) is 10.4. The predicted molar refractivity (Wildman–Crippen MR) is 141 cm³/mol. The van der Waals surface area contributed by atoms with Crippen LogP contribution in [0.15, 0.2) is 74.2 Å². The largest absolute Gasteiger partial charge is 0.292 e. The number of carbonyl (C=O) groups is 1. The second-order valence-electron chi connectivity index (χ2n) is 8.25. The number of carbonyl (C=O) groups excluding carboxylic acids is 1. The predicted octanol–water partition coefficient (Wildman–Crippen LogP) is 6.12. The van der Waals surface area contributed by atoms with Gasteiger partial charge in [0.05, 0.1) is 15.7 Å². The minimum Gasteiger partial charge on any atom is -0.292 e. The molecular formula is C24H22Cl2N2O5S3. The number of aromatic nitrogens is 1. The Morgan fingerprint density at radius 1 is 1.03 bits per heavy atom. The van der Waals surface area contributed by atoms with Crippen LogP contribution in [0.5, 0.6) is 0 Å². The molecule has 7 nitrogen and oxygen atoms in total. The Kier molecular flexibility index (Phi) is 8.01. The number of nitrogens with zero attached hydrogens (tertiary/aromatic N) is 1. The fourth-order valence-electron chi connectivity index (χ4n) is 3.42. The summed E-state index contributed by atoms with van der Waals surface area (Å²) in [5.74, 6) is -0.251. The molecule has 4 rings (SSSR count). The van der Waals surface area contributed by atoms with E-state index in [1.807, 2.05) is 0 Å². The highest BCUT2D eigenvalue weighted by Gasteiger charge is 2.33. The smallest absolute Gasteiger partial charge is 0.264 e. The van der Waals surface area contributed by atoms with E-state index in [1.165, 1.54) is 36.0 Å². The number of ketones is 1. The van der Waals surface area contributed by atoms with Gasteiger partial charge in [0.1, 0.15) is 16.4 Å². The molecule has 0 unspecified atom stereocenters. The topological polar surface area (TPSA) is 110 Å². The molecule has 0 aliphatic heterocycles. The maximum absolute atomic E-state index is 13.0. The summed E-state index contributed by atoms with van der Waals surface area (Å²) in [4.78, 5) is 18.7. The van der Waals surface area contributed by atoms with Gasteiger partial charge in [-0.05, 0) is 73.9 Å². The zero-order chi connectivity index (χ0) is 26.1. The SMILES string of the molecule is CCCS(=O)(=O)c1ccc(Sc2ccc(NS(=O)(=O)c3ccc(Cl)cc3Cl)nc2C(=O)C2CC2)cc1. The standard InChI is InChI=1S/C24H22Cl2N2O5S3/c1-2-13-35(30,31)18-8-6-17(7-9-18)34-20-10-12-22(27-23(20)24(29)15-3-4-15)28-36(32,33)21-11-5-16(25)14-19(21)26/h5-12,14-15H,2-4,13H2,1H3,(H,27,28). The van der Waals surface area contributed by atoms with Crippen LogP contribution in [0.4, 0.5) is 5.82 Å². The summed E-state index contributed by atoms with van der Waals surface area (Å²) in [7, 11) is -7.41. The van der Waals surface area contributed by atoms with Gasteiger partial charge in [0.15, 0.2) is 15.6 Å². The number of Topliss-reactive ketones (excluding diaryl/α,β-unsaturated/α-hetero) is 1. The lowest BCUT2D eigenvalue weighted by molar-refractivity contribution is 0.0959. The van der Waals surface area contributed by atoms with Gasteiger partial charge in [-0.3, -0.25) is 9.52 Å². The molecule has 0 saturated heterocycles. The van der Waals surface area contributed by atoms with Crippen LogP contribution < -0.4 is 4.72 Å². The van der Waals surface area contributed by atoms with Crippen LogP contribution in [0.3, 0.4) is 0 Å². The molecule has 0 bridgehead atoms. The van der Waals surface area contributed by atoms with Crippen molar-refractivity contribution >= 4 is 66.4 Å². The third kappa shape index (κ3) is 6.23. The van der Waals surface area contributed by atoms with Crippen molar-refractivity contribution in [2.24, 2.45) is 5.92 Å². The average Bonchev–Trinajstić information content (AvgIpc) is 3.65. The molecule has 12 heteroatoms. The quantitative estimate of drug-likeness (QED) is 0.286. The van der Waals surface area contributed by atoms with Crippen LogP contribution in [-0.2, 0) is 19.9 Å². The Morgan fingerprint density at radius 2 is 1.72 bits per heavy atom. The molecule has 36 heavy (non-hydrogen) atoms. The number of nitrogens with one attached hydrogen (secondary N) is 1. The molecule has 1 aliphatic rings. The first-order valence-electron chi connectivity index (χ1n) is 11.0.